The molecule has 0 aliphatic rings. The highest BCUT2D eigenvalue weighted by Gasteiger charge is 2.43. The predicted molar refractivity (Wildman–Crippen MR) is 53.4 cm³/mol. The Labute approximate surface area is 95.8 Å². The summed E-state index contributed by atoms with van der Waals surface area (Å²) in [7, 11) is 0. The Morgan fingerprint density at radius 1 is 1.29 bits per heavy atom. The number of hydrogen-bond acceptors (Lipinski definition) is 2. The molecule has 0 fully saturated rings. The largest absolute Gasteiger partial charge is 0.479 e. The minimum atomic E-state index is -4.65. The highest BCUT2D eigenvalue weighted by Crippen LogP contribution is 2.36. The lowest BCUT2D eigenvalue weighted by molar-refractivity contribution is -0.236. The summed E-state index contributed by atoms with van der Waals surface area (Å²) < 4.78 is 42.7. The molecule has 0 saturated heterocycles. The van der Waals surface area contributed by atoms with Crippen LogP contribution in [0.25, 0.3) is 0 Å². The van der Waals surface area contributed by atoms with Crippen molar-refractivity contribution >= 4 is 5.97 Å². The van der Waals surface area contributed by atoms with E-state index in [1.54, 1.807) is 6.07 Å². The van der Waals surface area contributed by atoms with Gasteiger partial charge >= 0.3 is 12.1 Å². The summed E-state index contributed by atoms with van der Waals surface area (Å²) in [5, 5.41) is 8.55. The van der Waals surface area contributed by atoms with Gasteiger partial charge < -0.3 is 9.84 Å². The molecule has 0 saturated carbocycles. The topological polar surface area (TPSA) is 46.5 Å². The molecule has 0 aliphatic carbocycles. The fourth-order valence-corrected chi connectivity index (χ4v) is 1.23. The van der Waals surface area contributed by atoms with Crippen LogP contribution in [-0.4, -0.2) is 23.4 Å². The SMILES string of the molecule is CC(OC(c1ccccc1)C(F)(F)F)C(=O)O. The van der Waals surface area contributed by atoms with Crippen molar-refractivity contribution in [3.63, 3.8) is 0 Å². The fraction of sp³-hybridized carbons (Fsp3) is 0.364. The van der Waals surface area contributed by atoms with E-state index in [1.807, 2.05) is 0 Å². The van der Waals surface area contributed by atoms with Crippen molar-refractivity contribution in [2.24, 2.45) is 0 Å². The minimum absolute atomic E-state index is 0.117. The Hall–Kier alpha value is -1.56. The van der Waals surface area contributed by atoms with Crippen LogP contribution in [0.5, 0.6) is 0 Å². The first-order valence-corrected chi connectivity index (χ1v) is 4.82. The summed E-state index contributed by atoms with van der Waals surface area (Å²) in [6.07, 6.45) is -8.40. The van der Waals surface area contributed by atoms with Gasteiger partial charge in [-0.1, -0.05) is 30.3 Å². The molecule has 94 valence electrons. The number of aliphatic carboxylic acids is 1. The van der Waals surface area contributed by atoms with Crippen LogP contribution in [0.4, 0.5) is 13.2 Å². The summed E-state index contributed by atoms with van der Waals surface area (Å²) in [5.41, 5.74) is -0.117. The van der Waals surface area contributed by atoms with Gasteiger partial charge in [0.1, 0.15) is 0 Å². The fourth-order valence-electron chi connectivity index (χ4n) is 1.23. The minimum Gasteiger partial charge on any atom is -0.479 e. The van der Waals surface area contributed by atoms with E-state index in [-0.39, 0.29) is 5.56 Å². The molecule has 1 aromatic rings. The number of ether oxygens (including phenoxy) is 1. The molecule has 2 unspecified atom stereocenters. The van der Waals surface area contributed by atoms with Gasteiger partial charge in [0.05, 0.1) is 0 Å². The van der Waals surface area contributed by atoms with Crippen molar-refractivity contribution in [3.05, 3.63) is 35.9 Å². The molecule has 1 aromatic carbocycles. The molecule has 0 bridgehead atoms. The third-order valence-corrected chi connectivity index (χ3v) is 2.09. The monoisotopic (exact) mass is 248 g/mol. The molecule has 0 radical (unpaired) electrons. The lowest BCUT2D eigenvalue weighted by Crippen LogP contribution is -2.30. The third-order valence-electron chi connectivity index (χ3n) is 2.09. The van der Waals surface area contributed by atoms with E-state index in [4.69, 9.17) is 5.11 Å². The number of halogens is 3. The lowest BCUT2D eigenvalue weighted by atomic mass is 10.1. The van der Waals surface area contributed by atoms with Crippen molar-refractivity contribution in [1.29, 1.82) is 0 Å². The van der Waals surface area contributed by atoms with Gasteiger partial charge in [0.25, 0.3) is 0 Å². The van der Waals surface area contributed by atoms with E-state index in [9.17, 15) is 18.0 Å². The zero-order valence-corrected chi connectivity index (χ0v) is 8.94. The van der Waals surface area contributed by atoms with Crippen LogP contribution in [0, 0.1) is 0 Å². The summed E-state index contributed by atoms with van der Waals surface area (Å²) in [5.74, 6) is -1.44. The van der Waals surface area contributed by atoms with Crippen LogP contribution in [0.3, 0.4) is 0 Å². The zero-order valence-electron chi connectivity index (χ0n) is 8.94. The van der Waals surface area contributed by atoms with Gasteiger partial charge in [0.2, 0.25) is 0 Å². The van der Waals surface area contributed by atoms with Gasteiger partial charge in [-0.25, -0.2) is 4.79 Å². The van der Waals surface area contributed by atoms with Gasteiger partial charge in [-0.3, -0.25) is 0 Å². The van der Waals surface area contributed by atoms with Gasteiger partial charge in [0.15, 0.2) is 12.2 Å². The molecule has 0 heterocycles. The van der Waals surface area contributed by atoms with E-state index in [2.05, 4.69) is 4.74 Å². The number of alkyl halides is 3. The van der Waals surface area contributed by atoms with Crippen molar-refractivity contribution in [2.75, 3.05) is 0 Å². The Bertz CT molecular complexity index is 375. The van der Waals surface area contributed by atoms with E-state index >= 15 is 0 Å². The molecular weight excluding hydrogens is 237 g/mol. The molecule has 1 N–H and O–H groups in total. The third kappa shape index (κ3) is 3.74. The predicted octanol–water partition coefficient (Wildman–Crippen LogP) is 2.78. The van der Waals surface area contributed by atoms with Gasteiger partial charge in [-0.2, -0.15) is 13.2 Å². The molecule has 3 nitrogen and oxygen atoms in total. The smallest absolute Gasteiger partial charge is 0.418 e. The molecule has 2 atom stereocenters. The maximum Gasteiger partial charge on any atom is 0.418 e. The highest BCUT2D eigenvalue weighted by atomic mass is 19.4. The number of hydrogen-bond donors (Lipinski definition) is 1. The second kappa shape index (κ2) is 5.18. The molecule has 1 rings (SSSR count). The highest BCUT2D eigenvalue weighted by molar-refractivity contribution is 5.71. The zero-order chi connectivity index (χ0) is 13.1. The van der Waals surface area contributed by atoms with Crippen molar-refractivity contribution in [3.8, 4) is 0 Å². The molecule has 0 spiro atoms. The van der Waals surface area contributed by atoms with E-state index in [1.165, 1.54) is 24.3 Å². The first kappa shape index (κ1) is 13.5. The van der Waals surface area contributed by atoms with Crippen molar-refractivity contribution in [2.45, 2.75) is 25.3 Å². The van der Waals surface area contributed by atoms with Crippen LogP contribution in [0.15, 0.2) is 30.3 Å². The molecule has 17 heavy (non-hydrogen) atoms. The number of benzene rings is 1. The van der Waals surface area contributed by atoms with E-state index in [0.29, 0.717) is 0 Å². The second-order valence-electron chi connectivity index (χ2n) is 3.45. The molecular formula is C11H11F3O3. The first-order valence-electron chi connectivity index (χ1n) is 4.82. The van der Waals surface area contributed by atoms with Gasteiger partial charge in [-0.05, 0) is 12.5 Å². The molecule has 0 amide bonds. The number of carboxylic acid groups (broad SMARTS) is 1. The molecule has 0 aliphatic heterocycles. The Morgan fingerprint density at radius 3 is 2.24 bits per heavy atom. The standard InChI is InChI=1S/C11H11F3O3/c1-7(10(15)16)17-9(11(12,13)14)8-5-3-2-4-6-8/h2-7,9H,1H3,(H,15,16). The van der Waals surface area contributed by atoms with Crippen LogP contribution in [-0.2, 0) is 9.53 Å². The lowest BCUT2D eigenvalue weighted by Gasteiger charge is -2.23. The van der Waals surface area contributed by atoms with Crippen LogP contribution in [0.2, 0.25) is 0 Å². The summed E-state index contributed by atoms with van der Waals surface area (Å²) >= 11 is 0. The van der Waals surface area contributed by atoms with Gasteiger partial charge in [-0.15, -0.1) is 0 Å². The van der Waals surface area contributed by atoms with Crippen molar-refractivity contribution < 1.29 is 27.8 Å². The number of carbonyl (C=O) groups is 1. The summed E-state index contributed by atoms with van der Waals surface area (Å²) in [6.45, 7) is 1.06. The Morgan fingerprint density at radius 2 is 1.82 bits per heavy atom. The van der Waals surface area contributed by atoms with E-state index < -0.39 is 24.4 Å². The van der Waals surface area contributed by atoms with Gasteiger partial charge in [0, 0.05) is 0 Å². The average Bonchev–Trinajstić information content (AvgIpc) is 2.25. The molecule has 0 aromatic heterocycles. The summed E-state index contributed by atoms with van der Waals surface area (Å²) in [6, 6.07) is 6.92. The van der Waals surface area contributed by atoms with E-state index in [0.717, 1.165) is 6.92 Å². The Kier molecular flexibility index (Phi) is 4.11. The normalized spacial score (nSPS) is 15.3. The quantitative estimate of drug-likeness (QED) is 0.891. The van der Waals surface area contributed by atoms with Crippen LogP contribution in [0.1, 0.15) is 18.6 Å². The maximum atomic E-state index is 12.7. The maximum absolute atomic E-state index is 12.7. The second-order valence-corrected chi connectivity index (χ2v) is 3.45. The Balaban J connectivity index is 2.94. The summed E-state index contributed by atoms with van der Waals surface area (Å²) in [4.78, 5) is 10.5. The first-order chi connectivity index (χ1) is 7.82. The molecule has 6 heteroatoms. The average molecular weight is 248 g/mol. The van der Waals surface area contributed by atoms with Crippen molar-refractivity contribution in [1.82, 2.24) is 0 Å². The van der Waals surface area contributed by atoms with Crippen LogP contribution >= 0.6 is 0 Å². The number of carboxylic acids is 1. The van der Waals surface area contributed by atoms with Crippen LogP contribution < -0.4 is 0 Å². The number of rotatable bonds is 4.